The van der Waals surface area contributed by atoms with E-state index in [9.17, 15) is 9.13 Å². The highest BCUT2D eigenvalue weighted by atomic mass is 31.2. The summed E-state index contributed by atoms with van der Waals surface area (Å²) in [7, 11) is -8.70. The van der Waals surface area contributed by atoms with Crippen molar-refractivity contribution in [3.63, 3.8) is 0 Å². The lowest BCUT2D eigenvalue weighted by Gasteiger charge is -2.32. The van der Waals surface area contributed by atoms with Gasteiger partial charge in [-0.25, -0.2) is 0 Å². The molecule has 1 aromatic rings. The standard InChI is InChI=1S/C10H18N2O6P2/c1-12(9-5-3-2-4-6-9)8-7-10(11,19(13,14)15)20(16,17)18/h2-6H,7-8,11H2,1H3,(H2,13,14,15)(H2,16,17,18). The van der Waals surface area contributed by atoms with Gasteiger partial charge < -0.3 is 30.2 Å². The molecule has 0 saturated carbocycles. The molecule has 0 saturated heterocycles. The zero-order valence-corrected chi connectivity index (χ0v) is 12.6. The third-order valence-electron chi connectivity index (χ3n) is 3.02. The number of para-hydroxylation sites is 1. The summed E-state index contributed by atoms with van der Waals surface area (Å²) in [6.45, 7) is -0.0171. The minimum absolute atomic E-state index is 0.0171. The van der Waals surface area contributed by atoms with Crippen LogP contribution >= 0.6 is 15.2 Å². The van der Waals surface area contributed by atoms with Crippen molar-refractivity contribution in [1.82, 2.24) is 0 Å². The minimum atomic E-state index is -5.17. The van der Waals surface area contributed by atoms with Crippen molar-refractivity contribution in [2.75, 3.05) is 18.5 Å². The summed E-state index contributed by atoms with van der Waals surface area (Å²) in [4.78, 5) is 38.1. The minimum Gasteiger partial charge on any atom is -0.374 e. The van der Waals surface area contributed by atoms with Crippen LogP contribution in [0.5, 0.6) is 0 Å². The predicted molar refractivity (Wildman–Crippen MR) is 75.3 cm³/mol. The van der Waals surface area contributed by atoms with Gasteiger partial charge in [0.15, 0.2) is 0 Å². The molecule has 0 spiro atoms. The van der Waals surface area contributed by atoms with Crippen molar-refractivity contribution >= 4 is 20.9 Å². The maximum Gasteiger partial charge on any atom is 0.357 e. The lowest BCUT2D eigenvalue weighted by molar-refractivity contribution is 0.303. The fourth-order valence-electron chi connectivity index (χ4n) is 1.60. The zero-order valence-electron chi connectivity index (χ0n) is 10.8. The molecule has 0 radical (unpaired) electrons. The number of nitrogens with two attached hydrogens (primary N) is 1. The average Bonchev–Trinajstić information content (AvgIpc) is 2.33. The maximum absolute atomic E-state index is 11.3. The van der Waals surface area contributed by atoms with E-state index < -0.39 is 26.6 Å². The Hall–Kier alpha value is -0.720. The first-order valence-corrected chi connectivity index (χ1v) is 8.88. The van der Waals surface area contributed by atoms with Gasteiger partial charge in [-0.2, -0.15) is 0 Å². The summed E-state index contributed by atoms with van der Waals surface area (Å²) >= 11 is 0. The van der Waals surface area contributed by atoms with Crippen LogP contribution in [0, 0.1) is 0 Å². The fourth-order valence-corrected chi connectivity index (χ4v) is 3.74. The molecule has 0 bridgehead atoms. The molecule has 1 rings (SSSR count). The molecule has 0 heterocycles. The lowest BCUT2D eigenvalue weighted by atomic mass is 10.3. The van der Waals surface area contributed by atoms with Gasteiger partial charge in [0.1, 0.15) is 0 Å². The van der Waals surface area contributed by atoms with E-state index in [0.717, 1.165) is 5.69 Å². The Balaban J connectivity index is 2.90. The summed E-state index contributed by atoms with van der Waals surface area (Å²) in [6.07, 6.45) is -0.549. The highest BCUT2D eigenvalue weighted by Crippen LogP contribution is 2.67. The van der Waals surface area contributed by atoms with Crippen LogP contribution in [0.3, 0.4) is 0 Å². The molecule has 0 amide bonds. The van der Waals surface area contributed by atoms with E-state index in [1.54, 1.807) is 42.3 Å². The van der Waals surface area contributed by atoms with E-state index in [2.05, 4.69) is 0 Å². The molecule has 114 valence electrons. The lowest BCUT2D eigenvalue weighted by Crippen LogP contribution is -2.42. The number of anilines is 1. The fraction of sp³-hybridized carbons (Fsp3) is 0.400. The van der Waals surface area contributed by atoms with Gasteiger partial charge in [-0.15, -0.1) is 0 Å². The second kappa shape index (κ2) is 5.95. The number of benzene rings is 1. The zero-order chi connectivity index (χ0) is 15.6. The van der Waals surface area contributed by atoms with Gasteiger partial charge in [0, 0.05) is 25.7 Å². The highest BCUT2D eigenvalue weighted by Gasteiger charge is 2.57. The first-order chi connectivity index (χ1) is 8.99. The molecule has 0 unspecified atom stereocenters. The van der Waals surface area contributed by atoms with E-state index in [0.29, 0.717) is 0 Å². The average molecular weight is 324 g/mol. The van der Waals surface area contributed by atoms with Crippen molar-refractivity contribution < 1.29 is 28.7 Å². The van der Waals surface area contributed by atoms with E-state index >= 15 is 0 Å². The summed E-state index contributed by atoms with van der Waals surface area (Å²) < 4.78 is 22.6. The largest absolute Gasteiger partial charge is 0.374 e. The first-order valence-electron chi connectivity index (χ1n) is 5.65. The molecular weight excluding hydrogens is 306 g/mol. The van der Waals surface area contributed by atoms with Gasteiger partial charge in [0.05, 0.1) is 0 Å². The Morgan fingerprint density at radius 2 is 1.55 bits per heavy atom. The summed E-state index contributed by atoms with van der Waals surface area (Å²) in [5.41, 5.74) is 6.07. The van der Waals surface area contributed by atoms with Gasteiger partial charge >= 0.3 is 15.2 Å². The Morgan fingerprint density at radius 3 is 1.95 bits per heavy atom. The van der Waals surface area contributed by atoms with E-state index in [1.807, 2.05) is 0 Å². The third kappa shape index (κ3) is 3.68. The maximum atomic E-state index is 11.3. The van der Waals surface area contributed by atoms with Crippen LogP contribution in [0.1, 0.15) is 6.42 Å². The van der Waals surface area contributed by atoms with E-state index in [4.69, 9.17) is 25.3 Å². The smallest absolute Gasteiger partial charge is 0.357 e. The molecule has 10 heteroatoms. The number of hydrogen-bond donors (Lipinski definition) is 5. The molecule has 0 fully saturated rings. The van der Waals surface area contributed by atoms with Crippen LogP contribution in [0.2, 0.25) is 0 Å². The number of rotatable bonds is 6. The first kappa shape index (κ1) is 17.3. The van der Waals surface area contributed by atoms with Crippen LogP contribution in [0.25, 0.3) is 0 Å². The molecule has 1 aromatic carbocycles. The second-order valence-corrected chi connectivity index (χ2v) is 8.60. The molecular formula is C10H18N2O6P2. The summed E-state index contributed by atoms with van der Waals surface area (Å²) in [5.74, 6) is 0. The van der Waals surface area contributed by atoms with Crippen LogP contribution in [-0.4, -0.2) is 38.2 Å². The number of hydrogen-bond acceptors (Lipinski definition) is 4. The Kier molecular flexibility index (Phi) is 5.16. The summed E-state index contributed by atoms with van der Waals surface area (Å²) in [5, 5.41) is -2.87. The van der Waals surface area contributed by atoms with Crippen molar-refractivity contribution in [3.8, 4) is 0 Å². The molecule has 20 heavy (non-hydrogen) atoms. The SMILES string of the molecule is CN(CCC(N)(P(=O)(O)O)P(=O)(O)O)c1ccccc1. The van der Waals surface area contributed by atoms with Crippen molar-refractivity contribution in [2.24, 2.45) is 5.73 Å². The van der Waals surface area contributed by atoms with Crippen LogP contribution in [0.15, 0.2) is 30.3 Å². The molecule has 8 nitrogen and oxygen atoms in total. The van der Waals surface area contributed by atoms with Crippen LogP contribution in [0.4, 0.5) is 5.69 Å². The Bertz CT molecular complexity index is 518. The normalized spacial score (nSPS) is 13.3. The van der Waals surface area contributed by atoms with E-state index in [-0.39, 0.29) is 6.54 Å². The van der Waals surface area contributed by atoms with E-state index in [1.165, 1.54) is 0 Å². The highest BCUT2D eigenvalue weighted by molar-refractivity contribution is 7.72. The molecule has 0 aliphatic carbocycles. The van der Waals surface area contributed by atoms with Crippen molar-refractivity contribution in [3.05, 3.63) is 30.3 Å². The monoisotopic (exact) mass is 324 g/mol. The quantitative estimate of drug-likeness (QED) is 0.475. The summed E-state index contributed by atoms with van der Waals surface area (Å²) in [6, 6.07) is 8.86. The van der Waals surface area contributed by atoms with Gasteiger partial charge in [0.25, 0.3) is 0 Å². The second-order valence-electron chi connectivity index (χ2n) is 4.47. The third-order valence-corrected chi connectivity index (χ3v) is 7.05. The Labute approximate surface area is 116 Å². The topological polar surface area (TPSA) is 144 Å². The van der Waals surface area contributed by atoms with Gasteiger partial charge in [-0.1, -0.05) is 18.2 Å². The molecule has 0 aliphatic heterocycles. The predicted octanol–water partition coefficient (Wildman–Crippen LogP) is 0.481. The van der Waals surface area contributed by atoms with Gasteiger partial charge in [0.2, 0.25) is 5.02 Å². The van der Waals surface area contributed by atoms with Crippen LogP contribution in [-0.2, 0) is 9.13 Å². The van der Waals surface area contributed by atoms with Crippen LogP contribution < -0.4 is 10.6 Å². The van der Waals surface area contributed by atoms with Crippen molar-refractivity contribution in [1.29, 1.82) is 0 Å². The Morgan fingerprint density at radius 1 is 1.10 bits per heavy atom. The molecule has 0 aromatic heterocycles. The van der Waals surface area contributed by atoms with Gasteiger partial charge in [-0.3, -0.25) is 9.13 Å². The number of nitrogens with zero attached hydrogens (tertiary/aromatic N) is 1. The van der Waals surface area contributed by atoms with Gasteiger partial charge in [-0.05, 0) is 12.1 Å². The molecule has 6 N–H and O–H groups in total. The molecule has 0 aliphatic rings. The van der Waals surface area contributed by atoms with Crippen molar-refractivity contribution in [2.45, 2.75) is 11.4 Å². The molecule has 0 atom stereocenters.